The first kappa shape index (κ1) is 23.6. The first-order chi connectivity index (χ1) is 14.3. The Morgan fingerprint density at radius 3 is 2.40 bits per heavy atom. The maximum atomic E-state index is 12.2. The zero-order valence-corrected chi connectivity index (χ0v) is 18.4. The van der Waals surface area contributed by atoms with Crippen LogP contribution in [0.3, 0.4) is 0 Å². The lowest BCUT2D eigenvalue weighted by Gasteiger charge is -2.18. The van der Waals surface area contributed by atoms with Gasteiger partial charge in [0.15, 0.2) is 0 Å². The Bertz CT molecular complexity index is 863. The second-order valence-corrected chi connectivity index (χ2v) is 7.78. The Hall–Kier alpha value is -2.66. The van der Waals surface area contributed by atoms with Crippen LogP contribution in [0.2, 0.25) is 0 Å². The number of nitrogens with one attached hydrogen (secondary N) is 2. The molecule has 30 heavy (non-hydrogen) atoms. The van der Waals surface area contributed by atoms with Crippen molar-refractivity contribution in [2.45, 2.75) is 31.6 Å². The number of aliphatic hydroxyl groups excluding tert-OH is 1. The zero-order chi connectivity index (χ0) is 21.9. The van der Waals surface area contributed by atoms with Gasteiger partial charge >= 0.3 is 6.09 Å². The second-order valence-electron chi connectivity index (χ2n) is 6.62. The van der Waals surface area contributed by atoms with Crippen LogP contribution in [0.5, 0.6) is 0 Å². The molecule has 0 spiro atoms. The highest BCUT2D eigenvalue weighted by Crippen LogP contribution is 2.13. The van der Waals surface area contributed by atoms with Gasteiger partial charge in [-0.15, -0.1) is 0 Å². The number of primary amides is 1. The number of hydrogen-bond acceptors (Lipinski definition) is 5. The van der Waals surface area contributed by atoms with Crippen molar-refractivity contribution < 1.29 is 24.2 Å². The van der Waals surface area contributed by atoms with Crippen LogP contribution >= 0.6 is 22.6 Å². The smallest absolute Gasteiger partial charge is 0.407 e. The van der Waals surface area contributed by atoms with E-state index in [-0.39, 0.29) is 26.0 Å². The number of aliphatic hydroxyl groups is 1. The summed E-state index contributed by atoms with van der Waals surface area (Å²) in [7, 11) is 0. The number of nitrogens with two attached hydrogens (primary N) is 1. The molecule has 0 unspecified atom stereocenters. The van der Waals surface area contributed by atoms with Crippen molar-refractivity contribution in [3.05, 3.63) is 69.3 Å². The fourth-order valence-electron chi connectivity index (χ4n) is 2.62. The van der Waals surface area contributed by atoms with Gasteiger partial charge in [0.1, 0.15) is 12.6 Å². The van der Waals surface area contributed by atoms with Crippen LogP contribution in [0, 0.1) is 3.57 Å². The van der Waals surface area contributed by atoms with Crippen molar-refractivity contribution in [3.8, 4) is 0 Å². The number of rotatable bonds is 10. The van der Waals surface area contributed by atoms with Gasteiger partial charge in [-0.25, -0.2) is 4.79 Å². The molecule has 0 fully saturated rings. The molecule has 2 rings (SSSR count). The van der Waals surface area contributed by atoms with Crippen molar-refractivity contribution in [1.29, 1.82) is 0 Å². The van der Waals surface area contributed by atoms with Crippen LogP contribution in [0.1, 0.15) is 17.5 Å². The highest BCUT2D eigenvalue weighted by Gasteiger charge is 2.21. The van der Waals surface area contributed by atoms with Crippen molar-refractivity contribution >= 4 is 40.5 Å². The normalized spacial score (nSPS) is 12.5. The molecule has 0 aromatic heterocycles. The molecular formula is C21H24IN3O5. The molecule has 0 aliphatic rings. The quantitative estimate of drug-likeness (QED) is 0.349. The Morgan fingerprint density at radius 2 is 1.73 bits per heavy atom. The van der Waals surface area contributed by atoms with Gasteiger partial charge in [-0.2, -0.15) is 0 Å². The molecule has 2 aromatic carbocycles. The van der Waals surface area contributed by atoms with E-state index in [0.717, 1.165) is 14.7 Å². The minimum Gasteiger partial charge on any atom is -0.445 e. The first-order valence-electron chi connectivity index (χ1n) is 9.30. The third-order valence-corrected chi connectivity index (χ3v) is 5.23. The summed E-state index contributed by atoms with van der Waals surface area (Å²) >= 11 is 2.14. The van der Waals surface area contributed by atoms with Gasteiger partial charge < -0.3 is 26.2 Å². The van der Waals surface area contributed by atoms with E-state index >= 15 is 0 Å². The summed E-state index contributed by atoms with van der Waals surface area (Å²) in [5.41, 5.74) is 7.11. The molecule has 0 saturated heterocycles. The molecule has 160 valence electrons. The van der Waals surface area contributed by atoms with E-state index in [0.29, 0.717) is 0 Å². The third-order valence-electron chi connectivity index (χ3n) is 4.18. The number of halogens is 1. The third kappa shape index (κ3) is 8.37. The summed E-state index contributed by atoms with van der Waals surface area (Å²) in [5, 5.41) is 14.9. The first-order valence-corrected chi connectivity index (χ1v) is 10.4. The predicted molar refractivity (Wildman–Crippen MR) is 119 cm³/mol. The molecule has 2 atom stereocenters. The summed E-state index contributed by atoms with van der Waals surface area (Å²) in [4.78, 5) is 35.6. The van der Waals surface area contributed by atoms with Crippen molar-refractivity contribution in [1.82, 2.24) is 10.6 Å². The average Bonchev–Trinajstić information content (AvgIpc) is 2.72. The van der Waals surface area contributed by atoms with Gasteiger partial charge in [0.25, 0.3) is 0 Å². The lowest BCUT2D eigenvalue weighted by Crippen LogP contribution is -2.47. The minimum atomic E-state index is -1.14. The second kappa shape index (κ2) is 12.1. The van der Waals surface area contributed by atoms with Gasteiger partial charge in [0, 0.05) is 16.5 Å². The summed E-state index contributed by atoms with van der Waals surface area (Å²) in [6.07, 6.45) is -1.89. The van der Waals surface area contributed by atoms with Crippen LogP contribution < -0.4 is 16.4 Å². The number of amides is 3. The Balaban J connectivity index is 1.74. The number of benzene rings is 2. The van der Waals surface area contributed by atoms with Crippen LogP contribution in [0.25, 0.3) is 0 Å². The van der Waals surface area contributed by atoms with Gasteiger partial charge in [0.05, 0.1) is 12.5 Å². The minimum absolute atomic E-state index is 0.0990. The molecule has 3 amide bonds. The van der Waals surface area contributed by atoms with Crippen LogP contribution in [-0.2, 0) is 27.4 Å². The highest BCUT2D eigenvalue weighted by atomic mass is 127. The van der Waals surface area contributed by atoms with E-state index in [1.807, 2.05) is 54.6 Å². The van der Waals surface area contributed by atoms with Gasteiger partial charge in [-0.3, -0.25) is 9.59 Å². The van der Waals surface area contributed by atoms with Crippen LogP contribution in [-0.4, -0.2) is 41.7 Å². The van der Waals surface area contributed by atoms with Crippen LogP contribution in [0.4, 0.5) is 4.79 Å². The molecule has 0 aliphatic carbocycles. The van der Waals surface area contributed by atoms with E-state index in [9.17, 15) is 19.5 Å². The molecule has 0 aliphatic heterocycles. The lowest BCUT2D eigenvalue weighted by molar-refractivity contribution is -0.128. The summed E-state index contributed by atoms with van der Waals surface area (Å²) < 4.78 is 5.99. The van der Waals surface area contributed by atoms with E-state index < -0.39 is 30.1 Å². The van der Waals surface area contributed by atoms with Crippen molar-refractivity contribution in [2.24, 2.45) is 5.73 Å². The standard InChI is InChI=1S/C21H24IN3O5/c22-17-9-5-4-8-15(17)10-18(20(23)28)25-19(27)11-16(26)12-24-21(29)30-13-14-6-2-1-3-7-14/h1-9,16,18,26H,10-13H2,(H2,23,28)(H,24,29)(H,25,27)/t16-,18-/m1/s1. The summed E-state index contributed by atoms with van der Waals surface area (Å²) in [6, 6.07) is 15.7. The zero-order valence-electron chi connectivity index (χ0n) is 16.2. The van der Waals surface area contributed by atoms with E-state index in [2.05, 4.69) is 33.2 Å². The molecule has 0 heterocycles. The van der Waals surface area contributed by atoms with Crippen LogP contribution in [0.15, 0.2) is 54.6 Å². The van der Waals surface area contributed by atoms with Gasteiger partial charge in [0.2, 0.25) is 11.8 Å². The number of hydrogen-bond donors (Lipinski definition) is 4. The largest absolute Gasteiger partial charge is 0.445 e. The van der Waals surface area contributed by atoms with E-state index in [1.165, 1.54) is 0 Å². The van der Waals surface area contributed by atoms with E-state index in [1.54, 1.807) is 0 Å². The Labute approximate surface area is 188 Å². The molecule has 9 heteroatoms. The van der Waals surface area contributed by atoms with Gasteiger partial charge in [-0.05, 0) is 39.8 Å². The summed E-state index contributed by atoms with van der Waals surface area (Å²) in [6.45, 7) is -0.0688. The maximum Gasteiger partial charge on any atom is 0.407 e. The molecule has 2 aromatic rings. The lowest BCUT2D eigenvalue weighted by atomic mass is 10.1. The number of alkyl carbamates (subject to hydrolysis) is 1. The molecule has 5 N–H and O–H groups in total. The van der Waals surface area contributed by atoms with E-state index in [4.69, 9.17) is 10.5 Å². The summed E-state index contributed by atoms with van der Waals surface area (Å²) in [5.74, 6) is -1.21. The fourth-order valence-corrected chi connectivity index (χ4v) is 3.23. The van der Waals surface area contributed by atoms with Gasteiger partial charge in [-0.1, -0.05) is 48.5 Å². The molecule has 0 radical (unpaired) electrons. The predicted octanol–water partition coefficient (Wildman–Crippen LogP) is 1.48. The molecule has 0 bridgehead atoms. The highest BCUT2D eigenvalue weighted by molar-refractivity contribution is 14.1. The molecular weight excluding hydrogens is 501 g/mol. The number of ether oxygens (including phenoxy) is 1. The topological polar surface area (TPSA) is 131 Å². The fraction of sp³-hybridized carbons (Fsp3) is 0.286. The monoisotopic (exact) mass is 525 g/mol. The van der Waals surface area contributed by atoms with Crippen molar-refractivity contribution in [3.63, 3.8) is 0 Å². The average molecular weight is 525 g/mol. The SMILES string of the molecule is NC(=O)[C@@H](Cc1ccccc1I)NC(=O)C[C@@H](O)CNC(=O)OCc1ccccc1. The Morgan fingerprint density at radius 1 is 1.07 bits per heavy atom. The molecule has 0 saturated carbocycles. The number of carbonyl (C=O) groups excluding carboxylic acids is 3. The number of carbonyl (C=O) groups is 3. The maximum absolute atomic E-state index is 12.2. The molecule has 8 nitrogen and oxygen atoms in total. The van der Waals surface area contributed by atoms with Crippen molar-refractivity contribution in [2.75, 3.05) is 6.54 Å². The Kier molecular flexibility index (Phi) is 9.55.